The molecule has 0 heterocycles. The first kappa shape index (κ1) is 14.2. The topological polar surface area (TPSA) is 21.3 Å². The van der Waals surface area contributed by atoms with Gasteiger partial charge in [0.2, 0.25) is 0 Å². The molecule has 2 rings (SSSR count). The fraction of sp³-hybridized carbons (Fsp3) is 0.200. The molecule has 0 atom stereocenters. The highest BCUT2D eigenvalue weighted by molar-refractivity contribution is 9.10. The second-order valence-electron chi connectivity index (χ2n) is 4.22. The highest BCUT2D eigenvalue weighted by Gasteiger charge is 2.00. The molecule has 0 aliphatic carbocycles. The number of benzene rings is 2. The summed E-state index contributed by atoms with van der Waals surface area (Å²) >= 11 is 9.52. The van der Waals surface area contributed by atoms with E-state index in [0.717, 1.165) is 20.9 Å². The molecule has 100 valence electrons. The second-order valence-corrected chi connectivity index (χ2v) is 5.54. The summed E-state index contributed by atoms with van der Waals surface area (Å²) < 4.78 is 6.66. The molecule has 19 heavy (non-hydrogen) atoms. The normalized spacial score (nSPS) is 10.3. The zero-order valence-electron chi connectivity index (χ0n) is 10.6. The van der Waals surface area contributed by atoms with E-state index < -0.39 is 0 Å². The molecule has 4 heteroatoms. The molecule has 0 aromatic heterocycles. The van der Waals surface area contributed by atoms with Crippen LogP contribution >= 0.6 is 27.5 Å². The number of ether oxygens (including phenoxy) is 1. The summed E-state index contributed by atoms with van der Waals surface area (Å²) in [5.41, 5.74) is 2.12. The number of halogens is 2. The van der Waals surface area contributed by atoms with Gasteiger partial charge >= 0.3 is 0 Å². The molecule has 2 aromatic rings. The maximum absolute atomic E-state index is 6.10. The molecule has 1 N–H and O–H groups in total. The lowest BCUT2D eigenvalue weighted by molar-refractivity contribution is 0.332. The van der Waals surface area contributed by atoms with Crippen molar-refractivity contribution in [2.24, 2.45) is 0 Å². The average Bonchev–Trinajstić information content (AvgIpc) is 2.39. The Morgan fingerprint density at radius 1 is 1.21 bits per heavy atom. The van der Waals surface area contributed by atoms with Gasteiger partial charge in [-0.1, -0.05) is 39.7 Å². The molecule has 0 radical (unpaired) electrons. The smallest absolute Gasteiger partial charge is 0.120 e. The Balaban J connectivity index is 1.82. The van der Waals surface area contributed by atoms with Gasteiger partial charge in [0.25, 0.3) is 0 Å². The predicted octanol–water partition coefficient (Wildman–Crippen LogP) is 4.90. The largest absolute Gasteiger partial charge is 0.492 e. The molecule has 0 saturated carbocycles. The molecule has 0 aliphatic heterocycles. The predicted molar refractivity (Wildman–Crippen MR) is 84.3 cm³/mol. The SMILES string of the molecule is Cc1ccc(Cl)c(NCCOc2cccc(Br)c2)c1. The van der Waals surface area contributed by atoms with Crippen LogP contribution in [0.25, 0.3) is 0 Å². The Morgan fingerprint density at radius 2 is 2.05 bits per heavy atom. The van der Waals surface area contributed by atoms with Crippen molar-refractivity contribution in [3.8, 4) is 5.75 Å². The average molecular weight is 341 g/mol. The van der Waals surface area contributed by atoms with Crippen molar-refractivity contribution >= 4 is 33.2 Å². The van der Waals surface area contributed by atoms with Crippen molar-refractivity contribution in [1.29, 1.82) is 0 Å². The molecule has 0 fully saturated rings. The minimum atomic E-state index is 0.584. The molecule has 0 saturated heterocycles. The van der Waals surface area contributed by atoms with E-state index in [4.69, 9.17) is 16.3 Å². The second kappa shape index (κ2) is 6.83. The third-order valence-electron chi connectivity index (χ3n) is 2.60. The number of aryl methyl sites for hydroxylation is 1. The number of hydrogen-bond acceptors (Lipinski definition) is 2. The van der Waals surface area contributed by atoms with Crippen LogP contribution in [0, 0.1) is 6.92 Å². The minimum Gasteiger partial charge on any atom is -0.492 e. The van der Waals surface area contributed by atoms with E-state index >= 15 is 0 Å². The summed E-state index contributed by atoms with van der Waals surface area (Å²) in [7, 11) is 0. The van der Waals surface area contributed by atoms with Gasteiger partial charge in [0.15, 0.2) is 0 Å². The van der Waals surface area contributed by atoms with E-state index in [1.165, 1.54) is 5.56 Å². The van der Waals surface area contributed by atoms with Crippen LogP contribution in [0.5, 0.6) is 5.75 Å². The monoisotopic (exact) mass is 339 g/mol. The van der Waals surface area contributed by atoms with Crippen molar-refractivity contribution in [1.82, 2.24) is 0 Å². The van der Waals surface area contributed by atoms with E-state index in [1.807, 2.05) is 49.4 Å². The van der Waals surface area contributed by atoms with E-state index in [-0.39, 0.29) is 0 Å². The zero-order valence-corrected chi connectivity index (χ0v) is 13.0. The van der Waals surface area contributed by atoms with Gasteiger partial charge in [-0.25, -0.2) is 0 Å². The zero-order chi connectivity index (χ0) is 13.7. The van der Waals surface area contributed by atoms with E-state index in [1.54, 1.807) is 0 Å². The van der Waals surface area contributed by atoms with Crippen molar-refractivity contribution < 1.29 is 4.74 Å². The van der Waals surface area contributed by atoms with Crippen LogP contribution in [0.2, 0.25) is 5.02 Å². The fourth-order valence-electron chi connectivity index (χ4n) is 1.69. The van der Waals surface area contributed by atoms with Crippen molar-refractivity contribution in [3.63, 3.8) is 0 Å². The molecular weight excluding hydrogens is 326 g/mol. The van der Waals surface area contributed by atoms with Crippen LogP contribution in [0.1, 0.15) is 5.56 Å². The molecule has 0 bridgehead atoms. The van der Waals surface area contributed by atoms with E-state index in [0.29, 0.717) is 13.2 Å². The van der Waals surface area contributed by atoms with Crippen molar-refractivity contribution in [3.05, 3.63) is 57.5 Å². The van der Waals surface area contributed by atoms with Gasteiger partial charge in [0.1, 0.15) is 12.4 Å². The first-order valence-corrected chi connectivity index (χ1v) is 7.20. The van der Waals surface area contributed by atoms with Crippen molar-refractivity contribution in [2.45, 2.75) is 6.92 Å². The molecule has 2 aromatic carbocycles. The fourth-order valence-corrected chi connectivity index (χ4v) is 2.25. The van der Waals surface area contributed by atoms with Gasteiger partial charge in [0, 0.05) is 11.0 Å². The van der Waals surface area contributed by atoms with E-state index in [9.17, 15) is 0 Å². The van der Waals surface area contributed by atoms with Crippen LogP contribution in [0.3, 0.4) is 0 Å². The highest BCUT2D eigenvalue weighted by Crippen LogP contribution is 2.22. The molecule has 0 spiro atoms. The van der Waals surface area contributed by atoms with Crippen LogP contribution in [0.15, 0.2) is 46.9 Å². The number of nitrogens with one attached hydrogen (secondary N) is 1. The summed E-state index contributed by atoms with van der Waals surface area (Å²) in [5.74, 6) is 0.853. The van der Waals surface area contributed by atoms with Gasteiger partial charge in [-0.15, -0.1) is 0 Å². The van der Waals surface area contributed by atoms with Gasteiger partial charge in [-0.05, 0) is 42.8 Å². The van der Waals surface area contributed by atoms with Gasteiger partial charge in [-0.2, -0.15) is 0 Å². The third kappa shape index (κ3) is 4.44. The van der Waals surface area contributed by atoms with E-state index in [2.05, 4.69) is 21.2 Å². The quantitative estimate of drug-likeness (QED) is 0.782. The maximum atomic E-state index is 6.10. The third-order valence-corrected chi connectivity index (χ3v) is 3.43. The summed E-state index contributed by atoms with van der Waals surface area (Å²) in [5, 5.41) is 4.00. The van der Waals surface area contributed by atoms with Gasteiger partial charge in [0.05, 0.1) is 10.7 Å². The van der Waals surface area contributed by atoms with Crippen LogP contribution in [-0.4, -0.2) is 13.2 Å². The standard InChI is InChI=1S/C15H15BrClNO/c1-11-5-6-14(17)15(9-11)18-7-8-19-13-4-2-3-12(16)10-13/h2-6,9-10,18H,7-8H2,1H3. The Labute approximate surface area is 126 Å². The highest BCUT2D eigenvalue weighted by atomic mass is 79.9. The molecule has 0 amide bonds. The van der Waals surface area contributed by atoms with Gasteiger partial charge in [-0.3, -0.25) is 0 Å². The van der Waals surface area contributed by atoms with Gasteiger partial charge < -0.3 is 10.1 Å². The Hall–Kier alpha value is -1.19. The maximum Gasteiger partial charge on any atom is 0.120 e. The first-order chi connectivity index (χ1) is 9.15. The van der Waals surface area contributed by atoms with Crippen LogP contribution in [0.4, 0.5) is 5.69 Å². The van der Waals surface area contributed by atoms with Crippen LogP contribution in [-0.2, 0) is 0 Å². The molecule has 0 unspecified atom stereocenters. The lowest BCUT2D eigenvalue weighted by atomic mass is 10.2. The Morgan fingerprint density at radius 3 is 2.84 bits per heavy atom. The lowest BCUT2D eigenvalue weighted by Gasteiger charge is -2.10. The summed E-state index contributed by atoms with van der Waals surface area (Å²) in [6.07, 6.45) is 0. The number of hydrogen-bond donors (Lipinski definition) is 1. The summed E-state index contributed by atoms with van der Waals surface area (Å²) in [4.78, 5) is 0. The van der Waals surface area contributed by atoms with Crippen molar-refractivity contribution in [2.75, 3.05) is 18.5 Å². The number of anilines is 1. The lowest BCUT2D eigenvalue weighted by Crippen LogP contribution is -2.11. The summed E-state index contributed by atoms with van der Waals surface area (Å²) in [6, 6.07) is 13.7. The molecule has 2 nitrogen and oxygen atoms in total. The molecular formula is C15H15BrClNO. The Bertz CT molecular complexity index is 560. The Kier molecular flexibility index (Phi) is 5.11. The first-order valence-electron chi connectivity index (χ1n) is 6.03. The van der Waals surface area contributed by atoms with Crippen LogP contribution < -0.4 is 10.1 Å². The number of rotatable bonds is 5. The minimum absolute atomic E-state index is 0.584. The summed E-state index contributed by atoms with van der Waals surface area (Å²) in [6.45, 7) is 3.33. The molecule has 0 aliphatic rings.